The highest BCUT2D eigenvalue weighted by molar-refractivity contribution is 6.30. The summed E-state index contributed by atoms with van der Waals surface area (Å²) in [5.74, 6) is -0.603. The second-order valence-corrected chi connectivity index (χ2v) is 8.24. The van der Waals surface area contributed by atoms with Crippen molar-refractivity contribution >= 4 is 17.5 Å². The molecule has 1 amide bonds. The fourth-order valence-corrected chi connectivity index (χ4v) is 3.69. The number of ether oxygens (including phenoxy) is 3. The molecule has 0 spiro atoms. The molecule has 13 heteroatoms. The van der Waals surface area contributed by atoms with E-state index in [1.807, 2.05) is 0 Å². The van der Waals surface area contributed by atoms with Gasteiger partial charge in [-0.25, -0.2) is 4.39 Å². The van der Waals surface area contributed by atoms with Crippen LogP contribution < -0.4 is 5.32 Å². The van der Waals surface area contributed by atoms with Crippen LogP contribution in [0.2, 0.25) is 5.02 Å². The van der Waals surface area contributed by atoms with Gasteiger partial charge in [-0.2, -0.15) is 0 Å². The Morgan fingerprint density at radius 1 is 1.21 bits per heavy atom. The highest BCUT2D eigenvalue weighted by Gasteiger charge is 2.40. The minimum absolute atomic E-state index is 0.0139. The number of aromatic nitrogens is 2. The van der Waals surface area contributed by atoms with E-state index in [1.165, 1.54) is 12.1 Å². The maximum atomic E-state index is 13.6. The van der Waals surface area contributed by atoms with Gasteiger partial charge in [-0.3, -0.25) is 9.53 Å². The van der Waals surface area contributed by atoms with Crippen LogP contribution in [-0.2, 0) is 19.0 Å². The summed E-state index contributed by atoms with van der Waals surface area (Å²) in [7, 11) is 0. The SMILES string of the molecule is O=C(COC1CC(OC(F)(F)F)C1)N[C@@H]1CC[C@@H](c2nnc(-c3ccc(Cl)c(F)c3)o2)OC1. The molecule has 4 rings (SSSR count). The van der Waals surface area contributed by atoms with Gasteiger partial charge in [-0.05, 0) is 31.0 Å². The largest absolute Gasteiger partial charge is 0.522 e. The van der Waals surface area contributed by atoms with E-state index in [0.29, 0.717) is 18.4 Å². The zero-order valence-corrected chi connectivity index (χ0v) is 17.9. The molecule has 1 aromatic carbocycles. The highest BCUT2D eigenvalue weighted by atomic mass is 35.5. The molecule has 2 aromatic rings. The maximum Gasteiger partial charge on any atom is 0.522 e. The second kappa shape index (κ2) is 9.92. The van der Waals surface area contributed by atoms with Crippen molar-refractivity contribution in [2.24, 2.45) is 0 Å². The number of alkyl halides is 3. The Morgan fingerprint density at radius 3 is 2.67 bits per heavy atom. The Hall–Kier alpha value is -2.28. The van der Waals surface area contributed by atoms with Crippen molar-refractivity contribution in [3.63, 3.8) is 0 Å². The number of carbonyl (C=O) groups is 1. The molecular weight excluding hydrogens is 474 g/mol. The van der Waals surface area contributed by atoms with Gasteiger partial charge in [0.05, 0.1) is 29.9 Å². The van der Waals surface area contributed by atoms with E-state index in [2.05, 4.69) is 20.3 Å². The third kappa shape index (κ3) is 6.40. The summed E-state index contributed by atoms with van der Waals surface area (Å²) in [5.41, 5.74) is 0.388. The molecular formula is C20H20ClF4N3O5. The molecule has 0 radical (unpaired) electrons. The Balaban J connectivity index is 1.17. The summed E-state index contributed by atoms with van der Waals surface area (Å²) < 4.78 is 70.4. The van der Waals surface area contributed by atoms with Crippen molar-refractivity contribution in [2.75, 3.05) is 13.2 Å². The fourth-order valence-electron chi connectivity index (χ4n) is 3.57. The topological polar surface area (TPSA) is 95.7 Å². The van der Waals surface area contributed by atoms with Crippen molar-refractivity contribution in [3.8, 4) is 11.5 Å². The number of nitrogens with one attached hydrogen (secondary N) is 1. The van der Waals surface area contributed by atoms with E-state index in [4.69, 9.17) is 25.5 Å². The van der Waals surface area contributed by atoms with E-state index in [0.717, 1.165) is 0 Å². The minimum atomic E-state index is -4.66. The van der Waals surface area contributed by atoms with Crippen LogP contribution in [-0.4, -0.2) is 53.9 Å². The van der Waals surface area contributed by atoms with Gasteiger partial charge < -0.3 is 19.2 Å². The number of hydrogen-bond donors (Lipinski definition) is 1. The lowest BCUT2D eigenvalue weighted by Crippen LogP contribution is -2.45. The van der Waals surface area contributed by atoms with Crippen LogP contribution in [0.5, 0.6) is 0 Å². The average Bonchev–Trinajstić information content (AvgIpc) is 3.21. The van der Waals surface area contributed by atoms with E-state index in [-0.39, 0.29) is 54.8 Å². The third-order valence-electron chi connectivity index (χ3n) is 5.33. The van der Waals surface area contributed by atoms with Gasteiger partial charge in [0.15, 0.2) is 0 Å². The van der Waals surface area contributed by atoms with E-state index in [1.54, 1.807) is 6.07 Å². The average molecular weight is 494 g/mol. The number of nitrogens with zero attached hydrogens (tertiary/aromatic N) is 2. The molecule has 2 heterocycles. The summed E-state index contributed by atoms with van der Waals surface area (Å²) >= 11 is 5.68. The maximum absolute atomic E-state index is 13.6. The molecule has 1 aliphatic carbocycles. The first-order valence-electron chi connectivity index (χ1n) is 10.2. The van der Waals surface area contributed by atoms with Crippen molar-refractivity contribution in [1.82, 2.24) is 15.5 Å². The molecule has 1 saturated carbocycles. The van der Waals surface area contributed by atoms with Gasteiger partial charge in [0.25, 0.3) is 0 Å². The van der Waals surface area contributed by atoms with Crippen LogP contribution in [0.4, 0.5) is 17.6 Å². The first kappa shape index (κ1) is 23.9. The molecule has 1 aliphatic heterocycles. The summed E-state index contributed by atoms with van der Waals surface area (Å²) in [6, 6.07) is 3.89. The molecule has 1 aromatic heterocycles. The lowest BCUT2D eigenvalue weighted by Gasteiger charge is -2.35. The summed E-state index contributed by atoms with van der Waals surface area (Å²) in [4.78, 5) is 12.0. The van der Waals surface area contributed by atoms with Crippen LogP contribution in [0.15, 0.2) is 22.6 Å². The fraction of sp³-hybridized carbons (Fsp3) is 0.550. The first-order valence-corrected chi connectivity index (χ1v) is 10.6. The molecule has 2 aliphatic rings. The Kier molecular flexibility index (Phi) is 7.17. The Labute approximate surface area is 190 Å². The smallest absolute Gasteiger partial charge is 0.418 e. The van der Waals surface area contributed by atoms with E-state index < -0.39 is 30.5 Å². The predicted molar refractivity (Wildman–Crippen MR) is 104 cm³/mol. The van der Waals surface area contributed by atoms with Gasteiger partial charge >= 0.3 is 6.36 Å². The van der Waals surface area contributed by atoms with E-state index in [9.17, 15) is 22.4 Å². The van der Waals surface area contributed by atoms with Crippen LogP contribution in [0.3, 0.4) is 0 Å². The van der Waals surface area contributed by atoms with Gasteiger partial charge in [-0.15, -0.1) is 23.4 Å². The molecule has 8 nitrogen and oxygen atoms in total. The standard InChI is InChI=1S/C20H20ClF4N3O5/c21-14-3-1-10(5-15(14)22)18-27-28-19(32-18)16-4-2-11(8-31-16)26-17(29)9-30-12-6-13(7-12)33-20(23,24)25/h1,3,5,11-13,16H,2,4,6-9H2,(H,26,29)/t11-,12?,13?,16+/m1/s1. The zero-order valence-electron chi connectivity index (χ0n) is 17.1. The molecule has 2 atom stereocenters. The van der Waals surface area contributed by atoms with E-state index >= 15 is 0 Å². The Bertz CT molecular complexity index is 975. The lowest BCUT2D eigenvalue weighted by molar-refractivity contribution is -0.357. The minimum Gasteiger partial charge on any atom is -0.418 e. The molecule has 1 saturated heterocycles. The first-order chi connectivity index (χ1) is 15.7. The predicted octanol–water partition coefficient (Wildman–Crippen LogP) is 3.95. The normalized spacial score (nSPS) is 25.5. The van der Waals surface area contributed by atoms with Crippen LogP contribution in [0.1, 0.15) is 37.7 Å². The summed E-state index contributed by atoms with van der Waals surface area (Å²) in [6.45, 7) is -0.0530. The van der Waals surface area contributed by atoms with Crippen molar-refractivity contribution < 1.29 is 41.0 Å². The van der Waals surface area contributed by atoms with Gasteiger partial charge in [0, 0.05) is 18.4 Å². The van der Waals surface area contributed by atoms with Crippen LogP contribution in [0.25, 0.3) is 11.5 Å². The number of carbonyl (C=O) groups excluding carboxylic acids is 1. The molecule has 33 heavy (non-hydrogen) atoms. The Morgan fingerprint density at radius 2 is 2.00 bits per heavy atom. The molecule has 180 valence electrons. The third-order valence-corrected chi connectivity index (χ3v) is 5.63. The van der Waals surface area contributed by atoms with Gasteiger partial charge in [0.2, 0.25) is 17.7 Å². The number of benzene rings is 1. The van der Waals surface area contributed by atoms with Crippen molar-refractivity contribution in [3.05, 3.63) is 34.9 Å². The molecule has 1 N–H and O–H groups in total. The van der Waals surface area contributed by atoms with Crippen molar-refractivity contribution in [1.29, 1.82) is 0 Å². The molecule has 0 unspecified atom stereocenters. The van der Waals surface area contributed by atoms with Crippen LogP contribution in [0, 0.1) is 5.82 Å². The number of amides is 1. The highest BCUT2D eigenvalue weighted by Crippen LogP contribution is 2.32. The zero-order chi connectivity index (χ0) is 23.6. The molecule has 2 fully saturated rings. The number of halogens is 5. The quantitative estimate of drug-likeness (QED) is 0.583. The summed E-state index contributed by atoms with van der Waals surface area (Å²) in [5, 5.41) is 10.6. The molecule has 0 bridgehead atoms. The van der Waals surface area contributed by atoms with Crippen molar-refractivity contribution in [2.45, 2.75) is 56.4 Å². The van der Waals surface area contributed by atoms with Gasteiger partial charge in [-0.1, -0.05) is 11.6 Å². The van der Waals surface area contributed by atoms with Gasteiger partial charge in [0.1, 0.15) is 18.5 Å². The summed E-state index contributed by atoms with van der Waals surface area (Å²) in [6.07, 6.45) is -5.22. The van der Waals surface area contributed by atoms with Crippen LogP contribution >= 0.6 is 11.6 Å². The number of hydrogen-bond acceptors (Lipinski definition) is 7. The monoisotopic (exact) mass is 493 g/mol. The number of rotatable bonds is 7. The lowest BCUT2D eigenvalue weighted by atomic mass is 9.92. The second-order valence-electron chi connectivity index (χ2n) is 7.83.